The molecular formula is C20H24N2O7. The molecule has 1 heterocycles. The minimum atomic E-state index is -1.17. The van der Waals surface area contributed by atoms with Crippen molar-refractivity contribution >= 4 is 28.8 Å². The minimum Gasteiger partial charge on any atom is -0.507 e. The van der Waals surface area contributed by atoms with Crippen LogP contribution >= 0.6 is 0 Å². The molecule has 0 fully saturated rings. The Morgan fingerprint density at radius 3 is 2.38 bits per heavy atom. The SMILES string of the molecule is Cc1cc(O)c2c(C)c(CC(=O)NCC(=O)N[C@H](C(=O)O)C(C)C)c(=O)oc2c1. The zero-order chi connectivity index (χ0) is 21.9. The highest BCUT2D eigenvalue weighted by molar-refractivity contribution is 5.91. The van der Waals surface area contributed by atoms with Gasteiger partial charge < -0.3 is 25.3 Å². The lowest BCUT2D eigenvalue weighted by atomic mass is 10.0. The summed E-state index contributed by atoms with van der Waals surface area (Å²) in [5.74, 6) is -2.82. The van der Waals surface area contributed by atoms with E-state index >= 15 is 0 Å². The number of rotatable bonds is 7. The normalized spacial score (nSPS) is 12.0. The number of benzene rings is 1. The molecule has 0 aliphatic heterocycles. The van der Waals surface area contributed by atoms with Gasteiger partial charge in [-0.15, -0.1) is 0 Å². The van der Waals surface area contributed by atoms with E-state index in [1.165, 1.54) is 6.07 Å². The average molecular weight is 404 g/mol. The number of aliphatic carboxylic acids is 1. The number of amides is 2. The number of phenols is 1. The van der Waals surface area contributed by atoms with Gasteiger partial charge in [0.25, 0.3) is 0 Å². The number of nitrogens with one attached hydrogen (secondary N) is 2. The van der Waals surface area contributed by atoms with Crippen molar-refractivity contribution < 1.29 is 29.0 Å². The van der Waals surface area contributed by atoms with Gasteiger partial charge >= 0.3 is 11.6 Å². The monoisotopic (exact) mass is 404 g/mol. The number of carboxylic acids is 1. The van der Waals surface area contributed by atoms with Crippen LogP contribution in [0.3, 0.4) is 0 Å². The van der Waals surface area contributed by atoms with Gasteiger partial charge in [-0.3, -0.25) is 9.59 Å². The van der Waals surface area contributed by atoms with E-state index in [4.69, 9.17) is 9.52 Å². The molecule has 1 aromatic carbocycles. The Hall–Kier alpha value is -3.36. The zero-order valence-corrected chi connectivity index (χ0v) is 16.7. The number of fused-ring (bicyclic) bond motifs is 1. The van der Waals surface area contributed by atoms with Gasteiger partial charge in [0.15, 0.2) is 0 Å². The summed E-state index contributed by atoms with van der Waals surface area (Å²) in [7, 11) is 0. The summed E-state index contributed by atoms with van der Waals surface area (Å²) in [5, 5.41) is 24.3. The van der Waals surface area contributed by atoms with Crippen LogP contribution in [0.2, 0.25) is 0 Å². The van der Waals surface area contributed by atoms with Gasteiger partial charge in [0.05, 0.1) is 23.9 Å². The number of aromatic hydroxyl groups is 1. The van der Waals surface area contributed by atoms with Crippen LogP contribution in [-0.2, 0) is 20.8 Å². The largest absolute Gasteiger partial charge is 0.507 e. The standard InChI is InChI=1S/C20H24N2O7/c1-9(2)18(19(26)27)22-16(25)8-21-15(24)7-12-11(4)17-13(23)5-10(3)6-14(17)29-20(12)28/h5-6,9,18,23H,7-8H2,1-4H3,(H,21,24)(H,22,25)(H,26,27)/t18-/m0/s1. The van der Waals surface area contributed by atoms with Crippen LogP contribution in [0.1, 0.15) is 30.5 Å². The molecule has 1 aromatic heterocycles. The lowest BCUT2D eigenvalue weighted by Gasteiger charge is -2.18. The fraction of sp³-hybridized carbons (Fsp3) is 0.400. The third-order valence-corrected chi connectivity index (χ3v) is 4.54. The zero-order valence-electron chi connectivity index (χ0n) is 16.7. The van der Waals surface area contributed by atoms with Crippen molar-refractivity contribution in [2.45, 2.75) is 40.2 Å². The van der Waals surface area contributed by atoms with E-state index in [0.29, 0.717) is 10.9 Å². The smallest absolute Gasteiger partial charge is 0.340 e. The summed E-state index contributed by atoms with van der Waals surface area (Å²) >= 11 is 0. The van der Waals surface area contributed by atoms with Gasteiger partial charge in [0.1, 0.15) is 17.4 Å². The summed E-state index contributed by atoms with van der Waals surface area (Å²) < 4.78 is 5.23. The number of hydrogen-bond acceptors (Lipinski definition) is 6. The van der Waals surface area contributed by atoms with Crippen LogP contribution in [0.15, 0.2) is 21.3 Å². The average Bonchev–Trinajstić information content (AvgIpc) is 2.60. The molecule has 4 N–H and O–H groups in total. The van der Waals surface area contributed by atoms with E-state index in [9.17, 15) is 24.3 Å². The molecular weight excluding hydrogens is 380 g/mol. The van der Waals surface area contributed by atoms with Crippen molar-refractivity contribution in [3.05, 3.63) is 39.2 Å². The highest BCUT2D eigenvalue weighted by Crippen LogP contribution is 2.29. The molecule has 1 atom stereocenters. The Morgan fingerprint density at radius 1 is 1.14 bits per heavy atom. The fourth-order valence-electron chi connectivity index (χ4n) is 3.00. The van der Waals surface area contributed by atoms with Crippen LogP contribution in [0, 0.1) is 19.8 Å². The first kappa shape index (κ1) is 21.9. The van der Waals surface area contributed by atoms with E-state index in [-0.39, 0.29) is 29.2 Å². The third kappa shape index (κ3) is 5.13. The number of phenolic OH excluding ortho intramolecular Hbond substituents is 1. The first-order chi connectivity index (χ1) is 13.5. The molecule has 0 bridgehead atoms. The Bertz CT molecular complexity index is 1020. The van der Waals surface area contributed by atoms with Crippen molar-refractivity contribution in [2.24, 2.45) is 5.92 Å². The van der Waals surface area contributed by atoms with Crippen LogP contribution in [0.4, 0.5) is 0 Å². The van der Waals surface area contributed by atoms with Crippen molar-refractivity contribution in [3.8, 4) is 5.75 Å². The molecule has 2 aromatic rings. The number of hydrogen-bond donors (Lipinski definition) is 4. The van der Waals surface area contributed by atoms with E-state index in [2.05, 4.69) is 10.6 Å². The molecule has 0 spiro atoms. The molecule has 2 amide bonds. The first-order valence-corrected chi connectivity index (χ1v) is 9.06. The number of carbonyl (C=O) groups excluding carboxylic acids is 2. The molecule has 2 rings (SSSR count). The highest BCUT2D eigenvalue weighted by atomic mass is 16.4. The molecule has 0 aliphatic rings. The van der Waals surface area contributed by atoms with E-state index in [0.717, 1.165) is 5.56 Å². The second-order valence-corrected chi connectivity index (χ2v) is 7.23. The van der Waals surface area contributed by atoms with Gasteiger partial charge in [-0.2, -0.15) is 0 Å². The summed E-state index contributed by atoms with van der Waals surface area (Å²) in [5.41, 5.74) is 0.724. The predicted molar refractivity (Wildman–Crippen MR) is 105 cm³/mol. The molecule has 0 aliphatic carbocycles. The van der Waals surface area contributed by atoms with E-state index < -0.39 is 36.0 Å². The summed E-state index contributed by atoms with van der Waals surface area (Å²) in [6, 6.07) is 2.07. The summed E-state index contributed by atoms with van der Waals surface area (Å²) in [6.07, 6.45) is -0.350. The number of carboxylic acid groups (broad SMARTS) is 1. The van der Waals surface area contributed by atoms with Gasteiger partial charge in [-0.05, 0) is 43.0 Å². The van der Waals surface area contributed by atoms with Gasteiger partial charge in [-0.25, -0.2) is 9.59 Å². The van der Waals surface area contributed by atoms with Crippen molar-refractivity contribution in [3.63, 3.8) is 0 Å². The van der Waals surface area contributed by atoms with Gasteiger partial charge in [0.2, 0.25) is 11.8 Å². The van der Waals surface area contributed by atoms with Crippen molar-refractivity contribution in [1.29, 1.82) is 0 Å². The van der Waals surface area contributed by atoms with Gasteiger partial charge in [0, 0.05) is 0 Å². The predicted octanol–water partition coefficient (Wildman–Crippen LogP) is 1.000. The molecule has 29 heavy (non-hydrogen) atoms. The van der Waals surface area contributed by atoms with Crippen LogP contribution in [0.5, 0.6) is 5.75 Å². The summed E-state index contributed by atoms with van der Waals surface area (Å²) in [6.45, 7) is 6.21. The number of carbonyl (C=O) groups is 3. The molecule has 0 unspecified atom stereocenters. The Kier molecular flexibility index (Phi) is 6.63. The maximum atomic E-state index is 12.3. The molecule has 156 valence electrons. The topological polar surface area (TPSA) is 146 Å². The quantitative estimate of drug-likeness (QED) is 0.504. The number of aryl methyl sites for hydroxylation is 2. The van der Waals surface area contributed by atoms with Crippen molar-refractivity contribution in [2.75, 3.05) is 6.54 Å². The molecule has 0 radical (unpaired) electrons. The first-order valence-electron chi connectivity index (χ1n) is 9.06. The van der Waals surface area contributed by atoms with Gasteiger partial charge in [-0.1, -0.05) is 13.8 Å². The maximum Gasteiger partial charge on any atom is 0.340 e. The lowest BCUT2D eigenvalue weighted by molar-refractivity contribution is -0.143. The highest BCUT2D eigenvalue weighted by Gasteiger charge is 2.23. The lowest BCUT2D eigenvalue weighted by Crippen LogP contribution is -2.48. The molecule has 9 nitrogen and oxygen atoms in total. The second kappa shape index (κ2) is 8.76. The van der Waals surface area contributed by atoms with Crippen LogP contribution < -0.4 is 16.3 Å². The van der Waals surface area contributed by atoms with E-state index in [1.54, 1.807) is 33.8 Å². The fourth-order valence-corrected chi connectivity index (χ4v) is 3.00. The molecule has 0 saturated carbocycles. The molecule has 9 heteroatoms. The maximum absolute atomic E-state index is 12.3. The van der Waals surface area contributed by atoms with Crippen LogP contribution in [-0.4, -0.2) is 40.6 Å². The van der Waals surface area contributed by atoms with Crippen LogP contribution in [0.25, 0.3) is 11.0 Å². The minimum absolute atomic E-state index is 0.0596. The Morgan fingerprint density at radius 2 is 1.79 bits per heavy atom. The Balaban J connectivity index is 2.11. The molecule has 0 saturated heterocycles. The van der Waals surface area contributed by atoms with E-state index in [1.807, 2.05) is 0 Å². The second-order valence-electron chi connectivity index (χ2n) is 7.23. The summed E-state index contributed by atoms with van der Waals surface area (Å²) in [4.78, 5) is 47.5. The Labute approximate surface area is 166 Å². The van der Waals surface area contributed by atoms with Crippen molar-refractivity contribution in [1.82, 2.24) is 10.6 Å². The third-order valence-electron chi connectivity index (χ3n) is 4.54.